The van der Waals surface area contributed by atoms with Crippen molar-refractivity contribution in [3.63, 3.8) is 0 Å². The topological polar surface area (TPSA) is 66.4 Å². The average molecular weight is 305 g/mol. The van der Waals surface area contributed by atoms with E-state index in [4.69, 9.17) is 5.11 Å². The van der Waals surface area contributed by atoms with Crippen LogP contribution in [0.5, 0.6) is 0 Å². The Balaban J connectivity index is 2.23. The van der Waals surface area contributed by atoms with Crippen LogP contribution in [0.2, 0.25) is 0 Å². The molecular weight excluding hydrogens is 286 g/mol. The molecule has 2 N–H and O–H groups in total. The highest BCUT2D eigenvalue weighted by Gasteiger charge is 2.14. The van der Waals surface area contributed by atoms with Crippen LogP contribution in [0.1, 0.15) is 16.7 Å². The highest BCUT2D eigenvalue weighted by Crippen LogP contribution is 2.19. The van der Waals surface area contributed by atoms with Crippen LogP contribution in [0, 0.1) is 13.8 Å². The van der Waals surface area contributed by atoms with Crippen molar-refractivity contribution in [2.24, 2.45) is 0 Å². The molecule has 0 atom stereocenters. The van der Waals surface area contributed by atoms with Gasteiger partial charge >= 0.3 is 0 Å². The summed E-state index contributed by atoms with van der Waals surface area (Å²) >= 11 is 0. The lowest BCUT2D eigenvalue weighted by Gasteiger charge is -2.10. The number of nitrogens with one attached hydrogen (secondary N) is 1. The van der Waals surface area contributed by atoms with E-state index >= 15 is 0 Å². The molecule has 112 valence electrons. The largest absolute Gasteiger partial charge is 0.396 e. The second-order valence-electron chi connectivity index (χ2n) is 5.02. The van der Waals surface area contributed by atoms with Gasteiger partial charge in [-0.15, -0.1) is 0 Å². The molecule has 2 aromatic carbocycles. The van der Waals surface area contributed by atoms with E-state index in [1.54, 1.807) is 30.3 Å². The number of aliphatic hydroxyl groups is 1. The van der Waals surface area contributed by atoms with Crippen LogP contribution < -0.4 is 4.72 Å². The first kappa shape index (κ1) is 15.5. The first-order valence-corrected chi connectivity index (χ1v) is 8.20. The van der Waals surface area contributed by atoms with Crippen molar-refractivity contribution >= 4 is 15.7 Å². The molecule has 0 heterocycles. The number of aryl methyl sites for hydroxylation is 2. The summed E-state index contributed by atoms with van der Waals surface area (Å²) in [6, 6.07) is 12.0. The maximum absolute atomic E-state index is 12.3. The SMILES string of the molecule is Cc1ccc(NS(=O)(=O)c2ccc(CCO)cc2)cc1C. The Kier molecular flexibility index (Phi) is 4.65. The lowest BCUT2D eigenvalue weighted by atomic mass is 10.1. The Hall–Kier alpha value is -1.85. The Bertz CT molecular complexity index is 722. The van der Waals surface area contributed by atoms with E-state index in [-0.39, 0.29) is 11.5 Å². The van der Waals surface area contributed by atoms with Gasteiger partial charge < -0.3 is 5.11 Å². The Morgan fingerprint density at radius 1 is 1.00 bits per heavy atom. The molecule has 0 saturated carbocycles. The molecule has 0 aliphatic heterocycles. The van der Waals surface area contributed by atoms with E-state index in [0.717, 1.165) is 16.7 Å². The number of sulfonamides is 1. The zero-order valence-electron chi connectivity index (χ0n) is 12.1. The first-order chi connectivity index (χ1) is 9.92. The minimum absolute atomic E-state index is 0.0486. The molecule has 21 heavy (non-hydrogen) atoms. The van der Waals surface area contributed by atoms with E-state index in [9.17, 15) is 8.42 Å². The number of anilines is 1. The predicted molar refractivity (Wildman–Crippen MR) is 84.0 cm³/mol. The Morgan fingerprint density at radius 2 is 1.67 bits per heavy atom. The van der Waals surface area contributed by atoms with Crippen molar-refractivity contribution in [1.82, 2.24) is 0 Å². The molecule has 2 rings (SSSR count). The second kappa shape index (κ2) is 6.28. The van der Waals surface area contributed by atoms with Crippen molar-refractivity contribution in [3.05, 3.63) is 59.2 Å². The van der Waals surface area contributed by atoms with E-state index in [0.29, 0.717) is 12.1 Å². The molecule has 0 unspecified atom stereocenters. The van der Waals surface area contributed by atoms with Crippen molar-refractivity contribution in [1.29, 1.82) is 0 Å². The van der Waals surface area contributed by atoms with Crippen molar-refractivity contribution in [2.45, 2.75) is 25.2 Å². The van der Waals surface area contributed by atoms with Crippen LogP contribution in [0.4, 0.5) is 5.69 Å². The van der Waals surface area contributed by atoms with Gasteiger partial charge in [-0.1, -0.05) is 18.2 Å². The van der Waals surface area contributed by atoms with E-state index in [1.165, 1.54) is 0 Å². The van der Waals surface area contributed by atoms with Crippen molar-refractivity contribution in [3.8, 4) is 0 Å². The number of rotatable bonds is 5. The average Bonchev–Trinajstić information content (AvgIpc) is 2.44. The predicted octanol–water partition coefficient (Wildman–Crippen LogP) is 2.64. The molecule has 0 aliphatic carbocycles. The summed E-state index contributed by atoms with van der Waals surface area (Å²) in [6.45, 7) is 3.97. The van der Waals surface area contributed by atoms with Gasteiger partial charge in [-0.25, -0.2) is 8.42 Å². The molecule has 0 fully saturated rings. The molecule has 2 aromatic rings. The van der Waals surface area contributed by atoms with E-state index in [1.807, 2.05) is 26.0 Å². The molecule has 5 heteroatoms. The highest BCUT2D eigenvalue weighted by atomic mass is 32.2. The quantitative estimate of drug-likeness (QED) is 0.892. The molecule has 4 nitrogen and oxygen atoms in total. The van der Waals surface area contributed by atoms with Gasteiger partial charge in [-0.3, -0.25) is 4.72 Å². The number of hydrogen-bond donors (Lipinski definition) is 2. The summed E-state index contributed by atoms with van der Waals surface area (Å²) in [5.74, 6) is 0. The van der Waals surface area contributed by atoms with Gasteiger partial charge in [0, 0.05) is 12.3 Å². The summed E-state index contributed by atoms with van der Waals surface area (Å²) in [6.07, 6.45) is 0.519. The highest BCUT2D eigenvalue weighted by molar-refractivity contribution is 7.92. The summed E-state index contributed by atoms with van der Waals surface area (Å²) in [5.41, 5.74) is 3.61. The van der Waals surface area contributed by atoms with Crippen LogP contribution >= 0.6 is 0 Å². The van der Waals surface area contributed by atoms with Crippen LogP contribution in [-0.2, 0) is 16.4 Å². The van der Waals surface area contributed by atoms with Gasteiger partial charge in [0.05, 0.1) is 4.90 Å². The van der Waals surface area contributed by atoms with Gasteiger partial charge in [-0.05, 0) is 61.2 Å². The fourth-order valence-corrected chi connectivity index (χ4v) is 3.03. The molecule has 0 amide bonds. The van der Waals surface area contributed by atoms with E-state index in [2.05, 4.69) is 4.72 Å². The fourth-order valence-electron chi connectivity index (χ4n) is 1.98. The van der Waals surface area contributed by atoms with Crippen molar-refractivity contribution < 1.29 is 13.5 Å². The maximum atomic E-state index is 12.3. The number of aliphatic hydroxyl groups excluding tert-OH is 1. The third kappa shape index (κ3) is 3.83. The summed E-state index contributed by atoms with van der Waals surface area (Å²) in [7, 11) is -3.59. The molecule has 0 spiro atoms. The van der Waals surface area contributed by atoms with Crippen LogP contribution in [0.25, 0.3) is 0 Å². The standard InChI is InChI=1S/C16H19NO3S/c1-12-3-6-15(11-13(12)2)17-21(19,20)16-7-4-14(5-8-16)9-10-18/h3-8,11,17-18H,9-10H2,1-2H3. The molecule has 0 saturated heterocycles. The fraction of sp³-hybridized carbons (Fsp3) is 0.250. The molecule has 0 bridgehead atoms. The third-order valence-electron chi connectivity index (χ3n) is 3.39. The first-order valence-electron chi connectivity index (χ1n) is 6.72. The zero-order chi connectivity index (χ0) is 15.5. The number of benzene rings is 2. The Labute approximate surface area is 125 Å². The van der Waals surface area contributed by atoms with Gasteiger partial charge in [0.1, 0.15) is 0 Å². The van der Waals surface area contributed by atoms with Gasteiger partial charge in [0.15, 0.2) is 0 Å². The van der Waals surface area contributed by atoms with Crippen LogP contribution in [-0.4, -0.2) is 20.1 Å². The zero-order valence-corrected chi connectivity index (χ0v) is 12.9. The van der Waals surface area contributed by atoms with Crippen LogP contribution in [0.15, 0.2) is 47.4 Å². The molecule has 0 aliphatic rings. The smallest absolute Gasteiger partial charge is 0.261 e. The van der Waals surface area contributed by atoms with E-state index < -0.39 is 10.0 Å². The van der Waals surface area contributed by atoms with Gasteiger partial charge in [0.2, 0.25) is 0 Å². The minimum atomic E-state index is -3.59. The maximum Gasteiger partial charge on any atom is 0.261 e. The van der Waals surface area contributed by atoms with Gasteiger partial charge in [0.25, 0.3) is 10.0 Å². The van der Waals surface area contributed by atoms with Gasteiger partial charge in [-0.2, -0.15) is 0 Å². The monoisotopic (exact) mass is 305 g/mol. The summed E-state index contributed by atoms with van der Waals surface area (Å²) < 4.78 is 27.2. The Morgan fingerprint density at radius 3 is 2.24 bits per heavy atom. The number of hydrogen-bond acceptors (Lipinski definition) is 3. The lowest BCUT2D eigenvalue weighted by molar-refractivity contribution is 0.299. The molecule has 0 radical (unpaired) electrons. The second-order valence-corrected chi connectivity index (χ2v) is 6.70. The lowest BCUT2D eigenvalue weighted by Crippen LogP contribution is -2.13. The minimum Gasteiger partial charge on any atom is -0.396 e. The normalized spacial score (nSPS) is 11.4. The summed E-state index contributed by atoms with van der Waals surface area (Å²) in [5, 5.41) is 8.86. The molecular formula is C16H19NO3S. The van der Waals surface area contributed by atoms with Crippen LogP contribution in [0.3, 0.4) is 0 Å². The molecule has 0 aromatic heterocycles. The third-order valence-corrected chi connectivity index (χ3v) is 4.79. The summed E-state index contributed by atoms with van der Waals surface area (Å²) in [4.78, 5) is 0.211. The van der Waals surface area contributed by atoms with Crippen molar-refractivity contribution in [2.75, 3.05) is 11.3 Å².